The van der Waals surface area contributed by atoms with Gasteiger partial charge in [-0.3, -0.25) is 19.8 Å². The van der Waals surface area contributed by atoms with E-state index in [-0.39, 0.29) is 19.1 Å². The van der Waals surface area contributed by atoms with Gasteiger partial charge in [-0.1, -0.05) is 18.2 Å². The van der Waals surface area contributed by atoms with Crippen molar-refractivity contribution in [1.82, 2.24) is 0 Å². The fraction of sp³-hybridized carbons (Fsp3) is 0.588. The quantitative estimate of drug-likeness (QED) is 0.331. The molecule has 3 aliphatic heterocycles. The maximum atomic E-state index is 13.3. The van der Waals surface area contributed by atoms with E-state index in [9.17, 15) is 14.9 Å². The fourth-order valence-corrected chi connectivity index (χ4v) is 4.10. The number of nitrogens with zero attached hydrogens (tertiary/aromatic N) is 2. The van der Waals surface area contributed by atoms with Gasteiger partial charge in [-0.05, 0) is 25.3 Å². The van der Waals surface area contributed by atoms with Gasteiger partial charge in [0.2, 0.25) is 0 Å². The van der Waals surface area contributed by atoms with Crippen molar-refractivity contribution in [2.45, 2.75) is 29.5 Å². The molecule has 26 heavy (non-hydrogen) atoms. The number of para-hydroxylation sites is 1. The Kier molecular flexibility index (Phi) is 4.50. The SMILES string of the molecule is O=C1N(C[NH+]2CCCCC2)c2ccccc2C12OCC(Br)([N+](=O)[O-])CO2. The highest BCUT2D eigenvalue weighted by Crippen LogP contribution is 2.46. The summed E-state index contributed by atoms with van der Waals surface area (Å²) in [5.41, 5.74) is 1.39. The first kappa shape index (κ1) is 17.8. The second-order valence-corrected chi connectivity index (χ2v) is 8.56. The fourth-order valence-electron chi connectivity index (χ4n) is 3.87. The van der Waals surface area contributed by atoms with Gasteiger partial charge in [0.15, 0.2) is 6.67 Å². The Morgan fingerprint density at radius 2 is 1.85 bits per heavy atom. The number of nitro groups is 1. The zero-order chi connectivity index (χ0) is 18.4. The molecule has 0 bridgehead atoms. The van der Waals surface area contributed by atoms with Crippen LogP contribution in [-0.4, -0.2) is 48.3 Å². The summed E-state index contributed by atoms with van der Waals surface area (Å²) in [6.45, 7) is 2.13. The van der Waals surface area contributed by atoms with E-state index in [0.29, 0.717) is 12.2 Å². The predicted octanol–water partition coefficient (Wildman–Crippen LogP) is 0.627. The summed E-state index contributed by atoms with van der Waals surface area (Å²) in [5.74, 6) is -1.88. The number of likely N-dealkylation sites (tertiary alicyclic amines) is 1. The third-order valence-electron chi connectivity index (χ3n) is 5.34. The van der Waals surface area contributed by atoms with Gasteiger partial charge in [-0.15, -0.1) is 0 Å². The smallest absolute Gasteiger partial charge is 0.320 e. The van der Waals surface area contributed by atoms with E-state index in [1.165, 1.54) is 11.3 Å². The number of alkyl halides is 1. The van der Waals surface area contributed by atoms with E-state index in [1.807, 2.05) is 18.2 Å². The van der Waals surface area contributed by atoms with E-state index >= 15 is 0 Å². The van der Waals surface area contributed by atoms with Gasteiger partial charge in [0.25, 0.3) is 11.7 Å². The number of benzene rings is 1. The Labute approximate surface area is 159 Å². The maximum Gasteiger partial charge on any atom is 0.320 e. The van der Waals surface area contributed by atoms with E-state index in [0.717, 1.165) is 31.6 Å². The number of halogens is 1. The van der Waals surface area contributed by atoms with Gasteiger partial charge in [0.05, 0.1) is 18.8 Å². The lowest BCUT2D eigenvalue weighted by Crippen LogP contribution is -3.14. The van der Waals surface area contributed by atoms with Crippen LogP contribution in [0.4, 0.5) is 5.69 Å². The van der Waals surface area contributed by atoms with Crippen LogP contribution >= 0.6 is 15.9 Å². The largest absolute Gasteiger partial charge is 0.330 e. The third kappa shape index (κ3) is 2.74. The van der Waals surface area contributed by atoms with Crippen LogP contribution in [-0.2, 0) is 20.1 Å². The van der Waals surface area contributed by atoms with Crippen molar-refractivity contribution >= 4 is 27.5 Å². The number of quaternary nitrogens is 1. The predicted molar refractivity (Wildman–Crippen MR) is 95.6 cm³/mol. The Morgan fingerprint density at radius 3 is 2.50 bits per heavy atom. The Morgan fingerprint density at radius 1 is 1.19 bits per heavy atom. The average molecular weight is 427 g/mol. The number of piperidine rings is 1. The second kappa shape index (κ2) is 6.56. The molecule has 1 aromatic rings. The molecular formula is C17H21BrN3O5+. The standard InChI is InChI=1S/C17H20BrN3O5/c18-16(21(23)24)10-25-17(26-11-16)13-6-2-3-7-14(13)20(15(17)22)12-19-8-4-1-5-9-19/h2-3,6-7H,1,4-5,8-12H2/p+1. The van der Waals surface area contributed by atoms with Crippen LogP contribution in [0.3, 0.4) is 0 Å². The second-order valence-electron chi connectivity index (χ2n) is 7.09. The zero-order valence-corrected chi connectivity index (χ0v) is 15.9. The summed E-state index contributed by atoms with van der Waals surface area (Å²) < 4.78 is 9.97. The molecule has 0 aromatic heterocycles. The number of amides is 1. The van der Waals surface area contributed by atoms with Gasteiger partial charge in [0, 0.05) is 26.4 Å². The van der Waals surface area contributed by atoms with Crippen LogP contribution < -0.4 is 9.80 Å². The molecule has 4 rings (SSSR count). The normalized spacial score (nSPS) is 32.0. The highest BCUT2D eigenvalue weighted by atomic mass is 79.9. The minimum atomic E-state index is -1.58. The topological polar surface area (TPSA) is 86.4 Å². The molecule has 2 saturated heterocycles. The summed E-state index contributed by atoms with van der Waals surface area (Å²) in [6, 6.07) is 7.37. The molecule has 140 valence electrons. The molecule has 1 N–H and O–H groups in total. The number of carbonyl (C=O) groups is 1. The average Bonchev–Trinajstić information content (AvgIpc) is 2.88. The van der Waals surface area contributed by atoms with Gasteiger partial charge < -0.3 is 14.4 Å². The van der Waals surface area contributed by atoms with Gasteiger partial charge in [-0.25, -0.2) is 0 Å². The molecule has 0 atom stereocenters. The highest BCUT2D eigenvalue weighted by Gasteiger charge is 2.61. The molecular weight excluding hydrogens is 406 g/mol. The van der Waals surface area contributed by atoms with Crippen molar-refractivity contribution in [2.24, 2.45) is 0 Å². The molecule has 9 heteroatoms. The molecule has 1 spiro atoms. The van der Waals surface area contributed by atoms with Crippen LogP contribution in [0.2, 0.25) is 0 Å². The van der Waals surface area contributed by atoms with Crippen LogP contribution in [0.1, 0.15) is 24.8 Å². The number of carbonyl (C=O) groups excluding carboxylic acids is 1. The number of nitrogens with one attached hydrogen (secondary N) is 1. The zero-order valence-electron chi connectivity index (χ0n) is 14.3. The highest BCUT2D eigenvalue weighted by molar-refractivity contribution is 9.10. The summed E-state index contributed by atoms with van der Waals surface area (Å²) in [7, 11) is 0. The molecule has 0 radical (unpaired) electrons. The number of hydrogen-bond donors (Lipinski definition) is 1. The molecule has 3 heterocycles. The minimum absolute atomic E-state index is 0.246. The monoisotopic (exact) mass is 426 g/mol. The van der Waals surface area contributed by atoms with E-state index < -0.39 is 15.2 Å². The summed E-state index contributed by atoms with van der Waals surface area (Å²) >= 11 is 3.07. The number of hydrogen-bond acceptors (Lipinski definition) is 5. The summed E-state index contributed by atoms with van der Waals surface area (Å²) in [6.07, 6.45) is 3.55. The Bertz CT molecular complexity index is 729. The van der Waals surface area contributed by atoms with Crippen molar-refractivity contribution < 1.29 is 24.1 Å². The first-order chi connectivity index (χ1) is 12.5. The Balaban J connectivity index is 1.63. The van der Waals surface area contributed by atoms with Crippen molar-refractivity contribution in [3.8, 4) is 0 Å². The van der Waals surface area contributed by atoms with Crippen LogP contribution in [0.25, 0.3) is 0 Å². The van der Waals surface area contributed by atoms with Gasteiger partial charge >= 0.3 is 4.45 Å². The Hall–Kier alpha value is -1.55. The molecule has 2 fully saturated rings. The first-order valence-corrected chi connectivity index (χ1v) is 9.62. The summed E-state index contributed by atoms with van der Waals surface area (Å²) in [4.78, 5) is 27.1. The molecule has 0 unspecified atom stereocenters. The van der Waals surface area contributed by atoms with Crippen LogP contribution in [0.15, 0.2) is 24.3 Å². The molecule has 1 aromatic carbocycles. The first-order valence-electron chi connectivity index (χ1n) is 8.83. The summed E-state index contributed by atoms with van der Waals surface area (Å²) in [5, 5.41) is 11.2. The maximum absolute atomic E-state index is 13.3. The molecule has 0 saturated carbocycles. The van der Waals surface area contributed by atoms with E-state index in [1.54, 1.807) is 11.0 Å². The number of anilines is 1. The van der Waals surface area contributed by atoms with Crippen molar-refractivity contribution in [3.63, 3.8) is 0 Å². The van der Waals surface area contributed by atoms with Gasteiger partial charge in [-0.2, -0.15) is 0 Å². The lowest BCUT2D eigenvalue weighted by atomic mass is 10.1. The van der Waals surface area contributed by atoms with Gasteiger partial charge in [0.1, 0.15) is 13.2 Å². The molecule has 8 nitrogen and oxygen atoms in total. The number of rotatable bonds is 3. The minimum Gasteiger partial charge on any atom is -0.330 e. The van der Waals surface area contributed by atoms with E-state index in [2.05, 4.69) is 15.9 Å². The lowest BCUT2D eigenvalue weighted by molar-refractivity contribution is -0.903. The van der Waals surface area contributed by atoms with Crippen LogP contribution in [0, 0.1) is 10.1 Å². The number of fused-ring (bicyclic) bond motifs is 2. The third-order valence-corrected chi connectivity index (χ3v) is 6.09. The molecule has 1 amide bonds. The molecule has 0 aliphatic carbocycles. The lowest BCUT2D eigenvalue weighted by Gasteiger charge is -2.36. The van der Waals surface area contributed by atoms with Crippen molar-refractivity contribution in [1.29, 1.82) is 0 Å². The van der Waals surface area contributed by atoms with Crippen molar-refractivity contribution in [2.75, 3.05) is 37.9 Å². The van der Waals surface area contributed by atoms with Crippen LogP contribution in [0.5, 0.6) is 0 Å². The van der Waals surface area contributed by atoms with Crippen molar-refractivity contribution in [3.05, 3.63) is 39.9 Å². The van der Waals surface area contributed by atoms with E-state index in [4.69, 9.17) is 9.47 Å². The molecule has 3 aliphatic rings. The number of ether oxygens (including phenoxy) is 2.